The molecule has 1 saturated heterocycles. The van der Waals surface area contributed by atoms with E-state index in [-0.39, 0.29) is 19.6 Å². The Morgan fingerprint density at radius 2 is 1.28 bits per heavy atom. The predicted octanol–water partition coefficient (Wildman–Crippen LogP) is 7.40. The number of esters is 1. The van der Waals surface area contributed by atoms with Crippen LogP contribution in [0.2, 0.25) is 0 Å². The fraction of sp³-hybridized carbons (Fsp3) is 0.732. The van der Waals surface area contributed by atoms with Crippen molar-refractivity contribution in [1.82, 2.24) is 0 Å². The molecule has 0 spiro atoms. The van der Waals surface area contributed by atoms with E-state index in [4.69, 9.17) is 23.5 Å². The number of hydrogen-bond donors (Lipinski definition) is 4. The van der Waals surface area contributed by atoms with E-state index < -0.39 is 59.8 Å². The molecule has 1 aliphatic rings. The van der Waals surface area contributed by atoms with Gasteiger partial charge >= 0.3 is 16.4 Å². The lowest BCUT2D eigenvalue weighted by atomic mass is 9.99. The summed E-state index contributed by atoms with van der Waals surface area (Å²) in [5, 5.41) is 30.5. The van der Waals surface area contributed by atoms with Crippen LogP contribution in [0.3, 0.4) is 0 Å². The average Bonchev–Trinajstić information content (AvgIpc) is 3.14. The minimum Gasteiger partial charge on any atom is -0.457 e. The van der Waals surface area contributed by atoms with Gasteiger partial charge in [0.05, 0.1) is 19.8 Å². The highest BCUT2D eigenvalue weighted by atomic mass is 32.3. The molecule has 1 rings (SSSR count). The molecule has 13 heteroatoms. The third-order valence-corrected chi connectivity index (χ3v) is 9.12. The zero-order valence-electron chi connectivity index (χ0n) is 32.8. The second kappa shape index (κ2) is 33.0. The van der Waals surface area contributed by atoms with E-state index in [1.54, 1.807) is 0 Å². The van der Waals surface area contributed by atoms with Crippen LogP contribution in [0.1, 0.15) is 129 Å². The second-order valence-electron chi connectivity index (χ2n) is 13.5. The SMILES string of the molecule is CC/C=C\C/C=C\C/C=C\C/C=C\C/C=C\CCCCOCC(COC1OC(CO)C(O)C(OS(=O)(=O)O)C1O)OC(=O)CCCCCCCCCCC. The fourth-order valence-corrected chi connectivity index (χ4v) is 6.15. The van der Waals surface area contributed by atoms with Crippen molar-refractivity contribution in [2.24, 2.45) is 0 Å². The van der Waals surface area contributed by atoms with E-state index in [9.17, 15) is 28.5 Å². The Bertz CT molecular complexity index is 1180. The first-order valence-corrected chi connectivity index (χ1v) is 21.4. The van der Waals surface area contributed by atoms with Gasteiger partial charge in [0.2, 0.25) is 0 Å². The van der Waals surface area contributed by atoms with Crippen LogP contribution >= 0.6 is 0 Å². The van der Waals surface area contributed by atoms with Crippen LogP contribution in [-0.4, -0.2) is 97.5 Å². The maximum Gasteiger partial charge on any atom is 0.397 e. The average molecular weight is 787 g/mol. The monoisotopic (exact) mass is 786 g/mol. The van der Waals surface area contributed by atoms with Crippen LogP contribution < -0.4 is 0 Å². The molecule has 54 heavy (non-hydrogen) atoms. The summed E-state index contributed by atoms with van der Waals surface area (Å²) in [5.74, 6) is -0.421. The van der Waals surface area contributed by atoms with Crippen molar-refractivity contribution >= 4 is 16.4 Å². The number of aliphatic hydroxyl groups is 3. The van der Waals surface area contributed by atoms with E-state index in [1.807, 2.05) is 0 Å². The molecule has 1 aliphatic heterocycles. The van der Waals surface area contributed by atoms with Gasteiger partial charge in [-0.2, -0.15) is 8.42 Å². The van der Waals surface area contributed by atoms with Gasteiger partial charge in [-0.25, -0.2) is 4.18 Å². The van der Waals surface area contributed by atoms with Gasteiger partial charge in [-0.3, -0.25) is 9.35 Å². The summed E-state index contributed by atoms with van der Waals surface area (Å²) in [5.41, 5.74) is 0. The molecule has 1 fully saturated rings. The Balaban J connectivity index is 2.50. The lowest BCUT2D eigenvalue weighted by Gasteiger charge is -2.41. The molecule has 0 aromatic rings. The van der Waals surface area contributed by atoms with Crippen LogP contribution in [0.25, 0.3) is 0 Å². The molecule has 1 heterocycles. The van der Waals surface area contributed by atoms with Crippen molar-refractivity contribution in [3.8, 4) is 0 Å². The fourth-order valence-electron chi connectivity index (χ4n) is 5.64. The summed E-state index contributed by atoms with van der Waals surface area (Å²) in [6, 6.07) is 0. The summed E-state index contributed by atoms with van der Waals surface area (Å²) in [7, 11) is -5.06. The van der Waals surface area contributed by atoms with Crippen LogP contribution in [0.5, 0.6) is 0 Å². The minimum atomic E-state index is -5.06. The first-order chi connectivity index (χ1) is 26.1. The highest BCUT2D eigenvalue weighted by Crippen LogP contribution is 2.26. The lowest BCUT2D eigenvalue weighted by molar-refractivity contribution is -0.301. The number of aliphatic hydroxyl groups excluding tert-OH is 3. The molecule has 0 saturated carbocycles. The van der Waals surface area contributed by atoms with Crippen molar-refractivity contribution in [3.05, 3.63) is 60.8 Å². The molecule has 0 aromatic carbocycles. The van der Waals surface area contributed by atoms with Crippen LogP contribution in [0.4, 0.5) is 0 Å². The minimum absolute atomic E-state index is 0.00495. The molecule has 6 unspecified atom stereocenters. The third kappa shape index (κ3) is 26.6. The van der Waals surface area contributed by atoms with Crippen molar-refractivity contribution in [1.29, 1.82) is 0 Å². The standard InChI is InChI=1S/C41H70O12S/c1-3-5-7-9-11-13-14-15-16-17-18-19-20-21-23-25-27-29-31-49-33-35(51-37(43)30-28-26-24-22-12-10-8-6-4-2)34-50-41-39(45)40(53-54(46,47)48)38(44)36(32-42)52-41/h5,7,11,13,15-16,18-19,21,23,35-36,38-42,44-45H,3-4,6,8-10,12,14,17,20,22,24-34H2,1-2H3,(H,46,47,48)/b7-5-,13-11-,16-15-,19-18-,23-21-. The largest absolute Gasteiger partial charge is 0.457 e. The van der Waals surface area contributed by atoms with Gasteiger partial charge in [0.25, 0.3) is 0 Å². The Morgan fingerprint density at radius 1 is 0.722 bits per heavy atom. The number of carbonyl (C=O) groups is 1. The van der Waals surface area contributed by atoms with Gasteiger partial charge in [-0.1, -0.05) is 126 Å². The van der Waals surface area contributed by atoms with E-state index in [2.05, 4.69) is 78.8 Å². The van der Waals surface area contributed by atoms with Crippen LogP contribution in [0, 0.1) is 0 Å². The van der Waals surface area contributed by atoms with Gasteiger partial charge < -0.3 is 34.3 Å². The molecule has 12 nitrogen and oxygen atoms in total. The maximum atomic E-state index is 12.7. The zero-order chi connectivity index (χ0) is 39.7. The van der Waals surface area contributed by atoms with Gasteiger partial charge in [-0.05, 0) is 57.8 Å². The molecule has 4 N–H and O–H groups in total. The first-order valence-electron chi connectivity index (χ1n) is 20.0. The quantitative estimate of drug-likeness (QED) is 0.0225. The van der Waals surface area contributed by atoms with Crippen molar-refractivity contribution < 1.29 is 56.2 Å². The maximum absolute atomic E-state index is 12.7. The Hall–Kier alpha value is -2.20. The second-order valence-corrected chi connectivity index (χ2v) is 14.5. The number of carbonyl (C=O) groups excluding carboxylic acids is 1. The van der Waals surface area contributed by atoms with Gasteiger partial charge in [0, 0.05) is 13.0 Å². The van der Waals surface area contributed by atoms with Gasteiger partial charge in [-0.15, -0.1) is 0 Å². The third-order valence-electron chi connectivity index (χ3n) is 8.65. The molecule has 0 aromatic heterocycles. The molecule has 6 atom stereocenters. The molecular weight excluding hydrogens is 717 g/mol. The van der Waals surface area contributed by atoms with Gasteiger partial charge in [0.1, 0.15) is 30.5 Å². The number of ether oxygens (including phenoxy) is 4. The smallest absolute Gasteiger partial charge is 0.397 e. The Labute approximate surface area is 325 Å². The highest BCUT2D eigenvalue weighted by Gasteiger charge is 2.48. The van der Waals surface area contributed by atoms with E-state index in [1.165, 1.54) is 32.1 Å². The van der Waals surface area contributed by atoms with Crippen molar-refractivity contribution in [2.45, 2.75) is 166 Å². The lowest BCUT2D eigenvalue weighted by Crippen LogP contribution is -2.60. The molecule has 312 valence electrons. The zero-order valence-corrected chi connectivity index (χ0v) is 33.6. The molecule has 0 aliphatic carbocycles. The summed E-state index contributed by atoms with van der Waals surface area (Å²) >= 11 is 0. The molecule has 0 bridgehead atoms. The van der Waals surface area contributed by atoms with Crippen LogP contribution in [-0.2, 0) is 38.3 Å². The van der Waals surface area contributed by atoms with Crippen molar-refractivity contribution in [3.63, 3.8) is 0 Å². The first kappa shape index (κ1) is 49.8. The Morgan fingerprint density at radius 3 is 1.83 bits per heavy atom. The summed E-state index contributed by atoms with van der Waals surface area (Å²) < 4.78 is 58.7. The summed E-state index contributed by atoms with van der Waals surface area (Å²) in [4.78, 5) is 12.7. The Kier molecular flexibility index (Phi) is 30.4. The normalized spacial score (nSPS) is 21.8. The number of rotatable bonds is 33. The molecule has 0 radical (unpaired) electrons. The van der Waals surface area contributed by atoms with Crippen molar-refractivity contribution in [2.75, 3.05) is 26.4 Å². The van der Waals surface area contributed by atoms with Crippen LogP contribution in [0.15, 0.2) is 60.8 Å². The molecule has 0 amide bonds. The summed E-state index contributed by atoms with van der Waals surface area (Å²) in [6.07, 6.45) is 29.9. The predicted molar refractivity (Wildman–Crippen MR) is 211 cm³/mol. The van der Waals surface area contributed by atoms with E-state index >= 15 is 0 Å². The number of unbranched alkanes of at least 4 members (excludes halogenated alkanes) is 10. The summed E-state index contributed by atoms with van der Waals surface area (Å²) in [6.45, 7) is 3.71. The van der Waals surface area contributed by atoms with E-state index in [0.717, 1.165) is 70.6 Å². The number of hydrogen-bond acceptors (Lipinski definition) is 11. The highest BCUT2D eigenvalue weighted by molar-refractivity contribution is 7.80. The molecular formula is C41H70O12S. The topological polar surface area (TPSA) is 178 Å². The van der Waals surface area contributed by atoms with Gasteiger partial charge in [0.15, 0.2) is 6.29 Å². The number of allylic oxidation sites excluding steroid dienone is 10. The van der Waals surface area contributed by atoms with E-state index in [0.29, 0.717) is 13.0 Å².